The quantitative estimate of drug-likeness (QED) is 0.149. The van der Waals surface area contributed by atoms with E-state index in [2.05, 4.69) is 4.98 Å². The molecule has 0 aliphatic carbocycles. The van der Waals surface area contributed by atoms with Crippen LogP contribution in [-0.4, -0.2) is 28.9 Å². The fraction of sp³-hybridized carbons (Fsp3) is 0.206. The fourth-order valence-electron chi connectivity index (χ4n) is 5.12. The molecule has 208 valence electrons. The zero-order valence-corrected chi connectivity index (χ0v) is 23.5. The van der Waals surface area contributed by atoms with E-state index in [1.54, 1.807) is 55.9 Å². The lowest BCUT2D eigenvalue weighted by Gasteiger charge is -2.25. The minimum Gasteiger partial charge on any atom is -0.507 e. The summed E-state index contributed by atoms with van der Waals surface area (Å²) in [6.07, 6.45) is 3.23. The number of hydrogen-bond acceptors (Lipinski definition) is 6. The Morgan fingerprint density at radius 2 is 1.73 bits per heavy atom. The highest BCUT2D eigenvalue weighted by Crippen LogP contribution is 2.43. The van der Waals surface area contributed by atoms with Crippen molar-refractivity contribution in [3.05, 3.63) is 125 Å². The fourth-order valence-corrected chi connectivity index (χ4v) is 5.12. The Bertz CT molecular complexity index is 1600. The zero-order chi connectivity index (χ0) is 29.1. The minimum atomic E-state index is -0.871. The number of aliphatic hydroxyl groups is 1. The highest BCUT2D eigenvalue weighted by molar-refractivity contribution is 6.51. The van der Waals surface area contributed by atoms with Crippen molar-refractivity contribution >= 4 is 23.1 Å². The third-order valence-electron chi connectivity index (χ3n) is 7.26. The normalized spacial score (nSPS) is 16.3. The number of Topliss-reactive ketones (excluding diaryl/α,β-unsaturated/α-hetero) is 1. The van der Waals surface area contributed by atoms with Crippen molar-refractivity contribution in [1.82, 2.24) is 4.98 Å². The number of ether oxygens (including phenoxy) is 2. The Labute approximate surface area is 239 Å². The summed E-state index contributed by atoms with van der Waals surface area (Å²) < 4.78 is 11.5. The maximum Gasteiger partial charge on any atom is 0.300 e. The van der Waals surface area contributed by atoms with Crippen LogP contribution in [0.5, 0.6) is 11.5 Å². The van der Waals surface area contributed by atoms with Gasteiger partial charge in [0.1, 0.15) is 23.9 Å². The van der Waals surface area contributed by atoms with Crippen LogP contribution >= 0.6 is 0 Å². The van der Waals surface area contributed by atoms with Crippen LogP contribution < -0.4 is 14.4 Å². The molecule has 1 saturated heterocycles. The summed E-state index contributed by atoms with van der Waals surface area (Å²) in [6, 6.07) is 23.2. The Morgan fingerprint density at radius 1 is 1.00 bits per heavy atom. The van der Waals surface area contributed by atoms with Crippen LogP contribution in [0.15, 0.2) is 96.8 Å². The number of aliphatic hydroxyl groups excluding tert-OH is 1. The number of anilines is 1. The van der Waals surface area contributed by atoms with Crippen LogP contribution in [0, 0.1) is 6.92 Å². The lowest BCUT2D eigenvalue weighted by Crippen LogP contribution is -2.29. The number of ketones is 1. The highest BCUT2D eigenvalue weighted by Gasteiger charge is 2.47. The van der Waals surface area contributed by atoms with Crippen molar-refractivity contribution in [2.45, 2.75) is 39.3 Å². The number of amides is 1. The van der Waals surface area contributed by atoms with E-state index in [0.717, 1.165) is 16.7 Å². The number of pyridine rings is 1. The average molecular weight is 549 g/mol. The second-order valence-corrected chi connectivity index (χ2v) is 10.3. The molecule has 1 amide bonds. The zero-order valence-electron chi connectivity index (χ0n) is 23.5. The lowest BCUT2D eigenvalue weighted by atomic mass is 9.91. The molecule has 1 N–H and O–H groups in total. The smallest absolute Gasteiger partial charge is 0.300 e. The largest absolute Gasteiger partial charge is 0.507 e. The summed E-state index contributed by atoms with van der Waals surface area (Å²) in [5, 5.41) is 11.7. The van der Waals surface area contributed by atoms with Gasteiger partial charge in [0.2, 0.25) is 0 Å². The molecule has 5 rings (SSSR count). The van der Waals surface area contributed by atoms with Gasteiger partial charge in [-0.3, -0.25) is 19.5 Å². The first-order valence-corrected chi connectivity index (χ1v) is 13.5. The summed E-state index contributed by atoms with van der Waals surface area (Å²) in [6.45, 7) is 6.29. The number of hydrogen-bond donors (Lipinski definition) is 1. The predicted molar refractivity (Wildman–Crippen MR) is 158 cm³/mol. The molecule has 0 radical (unpaired) electrons. The summed E-state index contributed by atoms with van der Waals surface area (Å²) in [7, 11) is 1.60. The number of nitrogens with zero attached hydrogens (tertiary/aromatic N) is 2. The molecule has 1 aliphatic heterocycles. The highest BCUT2D eigenvalue weighted by atomic mass is 16.5. The van der Waals surface area contributed by atoms with Crippen LogP contribution in [0.3, 0.4) is 0 Å². The second kappa shape index (κ2) is 11.7. The van der Waals surface area contributed by atoms with E-state index in [-0.39, 0.29) is 17.3 Å². The van der Waals surface area contributed by atoms with Crippen molar-refractivity contribution in [2.75, 3.05) is 12.0 Å². The van der Waals surface area contributed by atoms with Crippen LogP contribution in [0.1, 0.15) is 53.6 Å². The SMILES string of the molecule is COc1cc(C)c(/C(O)=C2\C(=O)C(=O)N(c3ccc(OCc4ccccc4)cc3)C2c2cccnc2)cc1C(C)C. The van der Waals surface area contributed by atoms with E-state index in [1.807, 2.05) is 63.2 Å². The van der Waals surface area contributed by atoms with Gasteiger partial charge in [-0.15, -0.1) is 0 Å². The van der Waals surface area contributed by atoms with Crippen molar-refractivity contribution < 1.29 is 24.2 Å². The number of aryl methyl sites for hydroxylation is 1. The van der Waals surface area contributed by atoms with E-state index >= 15 is 0 Å². The van der Waals surface area contributed by atoms with Crippen LogP contribution in [0.25, 0.3) is 5.76 Å². The molecule has 0 bridgehead atoms. The van der Waals surface area contributed by atoms with Gasteiger partial charge in [0, 0.05) is 23.6 Å². The second-order valence-electron chi connectivity index (χ2n) is 10.3. The number of benzene rings is 3. The summed E-state index contributed by atoms with van der Waals surface area (Å²) in [5.74, 6) is -0.286. The summed E-state index contributed by atoms with van der Waals surface area (Å²) in [4.78, 5) is 32.8. The van der Waals surface area contributed by atoms with E-state index in [9.17, 15) is 14.7 Å². The standard InChI is InChI=1S/C34H32N2O5/c1-21(2)27-18-28(22(3)17-29(27)40-4)32(37)30-31(24-11-8-16-35-19-24)36(34(39)33(30)38)25-12-14-26(15-13-25)41-20-23-9-6-5-7-10-23/h5-19,21,31,37H,20H2,1-4H3/b32-30+. The van der Waals surface area contributed by atoms with Crippen LogP contribution in [0.2, 0.25) is 0 Å². The van der Waals surface area contributed by atoms with Gasteiger partial charge >= 0.3 is 0 Å². The molecule has 0 spiro atoms. The van der Waals surface area contributed by atoms with Crippen LogP contribution in [-0.2, 0) is 16.2 Å². The van der Waals surface area contributed by atoms with Gasteiger partial charge in [-0.2, -0.15) is 0 Å². The summed E-state index contributed by atoms with van der Waals surface area (Å²) >= 11 is 0. The predicted octanol–water partition coefficient (Wildman–Crippen LogP) is 6.73. The minimum absolute atomic E-state index is 0.00961. The maximum absolute atomic E-state index is 13.6. The molecule has 3 aromatic carbocycles. The van der Waals surface area contributed by atoms with Gasteiger partial charge in [-0.05, 0) is 77.6 Å². The molecule has 1 aromatic heterocycles. The molecule has 0 saturated carbocycles. The van der Waals surface area contributed by atoms with E-state index in [0.29, 0.717) is 34.9 Å². The van der Waals surface area contributed by atoms with E-state index in [4.69, 9.17) is 9.47 Å². The van der Waals surface area contributed by atoms with Gasteiger partial charge in [-0.1, -0.05) is 50.2 Å². The average Bonchev–Trinajstić information content (AvgIpc) is 3.26. The van der Waals surface area contributed by atoms with Crippen molar-refractivity contribution in [1.29, 1.82) is 0 Å². The van der Waals surface area contributed by atoms with Gasteiger partial charge in [0.05, 0.1) is 18.7 Å². The maximum atomic E-state index is 13.6. The topological polar surface area (TPSA) is 89.0 Å². The number of carbonyl (C=O) groups is 2. The molecule has 1 aliphatic rings. The van der Waals surface area contributed by atoms with Gasteiger partial charge in [0.15, 0.2) is 0 Å². The number of carbonyl (C=O) groups excluding carboxylic acids is 2. The van der Waals surface area contributed by atoms with Gasteiger partial charge in [0.25, 0.3) is 11.7 Å². The molecular weight excluding hydrogens is 516 g/mol. The monoisotopic (exact) mass is 548 g/mol. The Morgan fingerprint density at radius 3 is 2.37 bits per heavy atom. The first-order chi connectivity index (χ1) is 19.8. The Hall–Kier alpha value is -4.91. The molecule has 1 fully saturated rings. The Kier molecular flexibility index (Phi) is 7.88. The molecule has 7 heteroatoms. The number of rotatable bonds is 8. The first kappa shape index (κ1) is 27.6. The van der Waals surface area contributed by atoms with Gasteiger partial charge in [-0.25, -0.2) is 0 Å². The molecule has 2 heterocycles. The van der Waals surface area contributed by atoms with Crippen molar-refractivity contribution in [3.63, 3.8) is 0 Å². The number of methoxy groups -OCH3 is 1. The Balaban J connectivity index is 1.57. The van der Waals surface area contributed by atoms with E-state index in [1.165, 1.54) is 4.90 Å². The van der Waals surface area contributed by atoms with Crippen molar-refractivity contribution in [2.24, 2.45) is 0 Å². The van der Waals surface area contributed by atoms with Gasteiger partial charge < -0.3 is 14.6 Å². The molecular formula is C34H32N2O5. The van der Waals surface area contributed by atoms with E-state index < -0.39 is 17.7 Å². The number of aromatic nitrogens is 1. The molecule has 1 unspecified atom stereocenters. The molecule has 41 heavy (non-hydrogen) atoms. The van der Waals surface area contributed by atoms with Crippen molar-refractivity contribution in [3.8, 4) is 11.5 Å². The lowest BCUT2D eigenvalue weighted by molar-refractivity contribution is -0.132. The third kappa shape index (κ3) is 5.43. The first-order valence-electron chi connectivity index (χ1n) is 13.5. The third-order valence-corrected chi connectivity index (χ3v) is 7.26. The summed E-state index contributed by atoms with van der Waals surface area (Å²) in [5.41, 5.74) is 4.24. The molecule has 7 nitrogen and oxygen atoms in total. The molecule has 4 aromatic rings. The molecule has 1 atom stereocenters. The van der Waals surface area contributed by atoms with Crippen LogP contribution in [0.4, 0.5) is 5.69 Å².